The zero-order valence-electron chi connectivity index (χ0n) is 13.7. The zero-order valence-corrected chi connectivity index (χ0v) is 15.2. The van der Waals surface area contributed by atoms with Gasteiger partial charge in [-0.2, -0.15) is 0 Å². The van der Waals surface area contributed by atoms with Gasteiger partial charge in [-0.25, -0.2) is 4.98 Å². The van der Waals surface area contributed by atoms with Crippen molar-refractivity contribution in [3.05, 3.63) is 82.2 Å². The highest BCUT2D eigenvalue weighted by atomic mass is 79.9. The zero-order chi connectivity index (χ0) is 17.6. The van der Waals surface area contributed by atoms with Crippen LogP contribution >= 0.6 is 15.9 Å². The third-order valence-corrected chi connectivity index (χ3v) is 4.48. The Hall–Kier alpha value is -2.73. The summed E-state index contributed by atoms with van der Waals surface area (Å²) in [5.41, 5.74) is 3.41. The maximum atomic E-state index is 12.2. The number of carbonyl (C=O) groups is 1. The Bertz CT molecular complexity index is 866. The quantitative estimate of drug-likeness (QED) is 0.677. The van der Waals surface area contributed by atoms with E-state index in [0.29, 0.717) is 17.9 Å². The molecule has 0 aliphatic rings. The first-order valence-electron chi connectivity index (χ1n) is 7.79. The molecular formula is C19H17BrN4O. The maximum absolute atomic E-state index is 12.2. The number of hydrogen-bond donors (Lipinski definition) is 2. The molecule has 5 nitrogen and oxygen atoms in total. The Morgan fingerprint density at radius 3 is 2.68 bits per heavy atom. The van der Waals surface area contributed by atoms with Crippen LogP contribution in [0.1, 0.15) is 21.6 Å². The smallest absolute Gasteiger partial charge is 0.253 e. The van der Waals surface area contributed by atoms with Gasteiger partial charge in [0, 0.05) is 22.6 Å². The molecule has 0 saturated carbocycles. The van der Waals surface area contributed by atoms with Gasteiger partial charge in [0.25, 0.3) is 5.91 Å². The summed E-state index contributed by atoms with van der Waals surface area (Å²) in [7, 11) is 0. The van der Waals surface area contributed by atoms with Crippen molar-refractivity contribution in [2.45, 2.75) is 13.5 Å². The van der Waals surface area contributed by atoms with Gasteiger partial charge in [-0.05, 0) is 48.9 Å². The number of carbonyl (C=O) groups excluding carboxylic acids is 1. The molecule has 3 aromatic rings. The Balaban J connectivity index is 1.61. The molecule has 2 heterocycles. The van der Waals surface area contributed by atoms with E-state index in [1.165, 1.54) is 5.56 Å². The van der Waals surface area contributed by atoms with Gasteiger partial charge in [-0.15, -0.1) is 0 Å². The van der Waals surface area contributed by atoms with E-state index in [1.807, 2.05) is 43.3 Å². The molecule has 2 aromatic heterocycles. The number of rotatable bonds is 5. The molecular weight excluding hydrogens is 380 g/mol. The third kappa shape index (κ3) is 4.64. The lowest BCUT2D eigenvalue weighted by Crippen LogP contribution is -2.23. The van der Waals surface area contributed by atoms with E-state index < -0.39 is 0 Å². The van der Waals surface area contributed by atoms with E-state index >= 15 is 0 Å². The van der Waals surface area contributed by atoms with Crippen LogP contribution < -0.4 is 10.6 Å². The predicted octanol–water partition coefficient (Wildman–Crippen LogP) is 4.22. The summed E-state index contributed by atoms with van der Waals surface area (Å²) in [6.07, 6.45) is 3.26. The van der Waals surface area contributed by atoms with Gasteiger partial charge < -0.3 is 10.6 Å². The summed E-state index contributed by atoms with van der Waals surface area (Å²) < 4.78 is 1.03. The largest absolute Gasteiger partial charge is 0.346 e. The van der Waals surface area contributed by atoms with Crippen molar-refractivity contribution >= 4 is 33.3 Å². The summed E-state index contributed by atoms with van der Waals surface area (Å²) in [6, 6.07) is 15.1. The second-order valence-electron chi connectivity index (χ2n) is 5.52. The molecule has 0 atom stereocenters. The summed E-state index contributed by atoms with van der Waals surface area (Å²) in [6.45, 7) is 2.42. The lowest BCUT2D eigenvalue weighted by Gasteiger charge is -2.08. The first-order valence-corrected chi connectivity index (χ1v) is 8.58. The molecule has 3 rings (SSSR count). The predicted molar refractivity (Wildman–Crippen MR) is 102 cm³/mol. The Morgan fingerprint density at radius 2 is 2.00 bits per heavy atom. The highest BCUT2D eigenvalue weighted by molar-refractivity contribution is 9.10. The molecule has 0 aliphatic heterocycles. The normalized spacial score (nSPS) is 10.3. The van der Waals surface area contributed by atoms with Crippen LogP contribution in [0.25, 0.3) is 0 Å². The summed E-state index contributed by atoms with van der Waals surface area (Å²) in [4.78, 5) is 20.6. The van der Waals surface area contributed by atoms with Crippen LogP contribution in [0.5, 0.6) is 0 Å². The topological polar surface area (TPSA) is 66.9 Å². The number of aryl methyl sites for hydroxylation is 1. The number of halogens is 1. The number of pyridine rings is 2. The van der Waals surface area contributed by atoms with Gasteiger partial charge >= 0.3 is 0 Å². The molecule has 0 unspecified atom stereocenters. The fourth-order valence-corrected chi connectivity index (χ4v) is 2.58. The van der Waals surface area contributed by atoms with Crippen molar-refractivity contribution in [3.8, 4) is 0 Å². The van der Waals surface area contributed by atoms with E-state index in [-0.39, 0.29) is 5.91 Å². The molecule has 1 aromatic carbocycles. The van der Waals surface area contributed by atoms with Crippen molar-refractivity contribution in [2.24, 2.45) is 0 Å². The van der Waals surface area contributed by atoms with E-state index in [0.717, 1.165) is 15.9 Å². The monoisotopic (exact) mass is 396 g/mol. The molecule has 25 heavy (non-hydrogen) atoms. The van der Waals surface area contributed by atoms with Gasteiger partial charge in [-0.3, -0.25) is 9.78 Å². The van der Waals surface area contributed by atoms with Crippen LogP contribution in [-0.2, 0) is 6.54 Å². The lowest BCUT2D eigenvalue weighted by atomic mass is 10.2. The molecule has 126 valence electrons. The molecule has 1 amide bonds. The Kier molecular flexibility index (Phi) is 5.40. The third-order valence-electron chi connectivity index (χ3n) is 3.63. The number of nitrogens with one attached hydrogen (secondary N) is 2. The molecule has 0 spiro atoms. The van der Waals surface area contributed by atoms with Crippen LogP contribution in [-0.4, -0.2) is 15.9 Å². The maximum Gasteiger partial charge on any atom is 0.253 e. The van der Waals surface area contributed by atoms with Gasteiger partial charge in [0.15, 0.2) is 0 Å². The first kappa shape index (κ1) is 17.1. The van der Waals surface area contributed by atoms with E-state index in [4.69, 9.17) is 0 Å². The second kappa shape index (κ2) is 7.90. The number of amides is 1. The number of benzene rings is 1. The number of hydrogen-bond acceptors (Lipinski definition) is 4. The molecule has 0 fully saturated rings. The van der Waals surface area contributed by atoms with Crippen molar-refractivity contribution in [3.63, 3.8) is 0 Å². The van der Waals surface area contributed by atoms with E-state index in [9.17, 15) is 4.79 Å². The van der Waals surface area contributed by atoms with Gasteiger partial charge in [0.05, 0.1) is 17.8 Å². The number of aromatic nitrogens is 2. The van der Waals surface area contributed by atoms with Crippen LogP contribution in [0.3, 0.4) is 0 Å². The summed E-state index contributed by atoms with van der Waals surface area (Å²) in [5.74, 6) is 0.500. The molecule has 0 saturated heterocycles. The van der Waals surface area contributed by atoms with E-state index in [2.05, 4.69) is 36.5 Å². The standard InChI is InChI=1S/C19H17BrN4O/c1-13-5-7-15(10-17(13)20)24-18-8-6-14(11-22-18)19(25)23-12-16-4-2-3-9-21-16/h2-11H,12H2,1H3,(H,22,24)(H,23,25). The number of anilines is 2. The molecule has 0 aliphatic carbocycles. The van der Waals surface area contributed by atoms with Crippen molar-refractivity contribution < 1.29 is 4.79 Å². The first-order chi connectivity index (χ1) is 12.1. The van der Waals surface area contributed by atoms with Gasteiger partial charge in [0.1, 0.15) is 5.82 Å². The Morgan fingerprint density at radius 1 is 1.12 bits per heavy atom. The highest BCUT2D eigenvalue weighted by Gasteiger charge is 2.07. The van der Waals surface area contributed by atoms with Crippen molar-refractivity contribution in [1.82, 2.24) is 15.3 Å². The van der Waals surface area contributed by atoms with Crippen LogP contribution in [0.4, 0.5) is 11.5 Å². The molecule has 0 bridgehead atoms. The van der Waals surface area contributed by atoms with Crippen LogP contribution in [0, 0.1) is 6.92 Å². The number of nitrogens with zero attached hydrogens (tertiary/aromatic N) is 2. The SMILES string of the molecule is Cc1ccc(Nc2ccc(C(=O)NCc3ccccn3)cn2)cc1Br. The molecule has 0 radical (unpaired) electrons. The summed E-state index contributed by atoms with van der Waals surface area (Å²) >= 11 is 3.51. The van der Waals surface area contributed by atoms with Gasteiger partial charge in [-0.1, -0.05) is 28.1 Å². The lowest BCUT2D eigenvalue weighted by molar-refractivity contribution is 0.0950. The van der Waals surface area contributed by atoms with Crippen molar-refractivity contribution in [2.75, 3.05) is 5.32 Å². The van der Waals surface area contributed by atoms with E-state index in [1.54, 1.807) is 24.5 Å². The Labute approximate surface area is 154 Å². The molecule has 6 heteroatoms. The van der Waals surface area contributed by atoms with Crippen LogP contribution in [0.15, 0.2) is 65.4 Å². The van der Waals surface area contributed by atoms with Crippen molar-refractivity contribution in [1.29, 1.82) is 0 Å². The average molecular weight is 397 g/mol. The molecule has 2 N–H and O–H groups in total. The second-order valence-corrected chi connectivity index (χ2v) is 6.38. The minimum Gasteiger partial charge on any atom is -0.346 e. The van der Waals surface area contributed by atoms with Crippen LogP contribution in [0.2, 0.25) is 0 Å². The minimum absolute atomic E-state index is 0.178. The summed E-state index contributed by atoms with van der Waals surface area (Å²) in [5, 5.41) is 6.04. The fourth-order valence-electron chi connectivity index (χ4n) is 2.20. The average Bonchev–Trinajstić information content (AvgIpc) is 2.64. The highest BCUT2D eigenvalue weighted by Crippen LogP contribution is 2.22. The minimum atomic E-state index is -0.178. The fraction of sp³-hybridized carbons (Fsp3) is 0.105. The van der Waals surface area contributed by atoms with Gasteiger partial charge in [0.2, 0.25) is 0 Å².